The Bertz CT molecular complexity index is 1110. The lowest BCUT2D eigenvalue weighted by molar-refractivity contribution is -0.120. The number of unbranched alkanes of at least 4 members (excludes halogenated alkanes) is 2. The quantitative estimate of drug-likeness (QED) is 0.169. The number of aromatic nitrogens is 1. The first kappa shape index (κ1) is 25.5. The summed E-state index contributed by atoms with van der Waals surface area (Å²) in [5.41, 5.74) is 0.667. The molecule has 1 aromatic carbocycles. The summed E-state index contributed by atoms with van der Waals surface area (Å²) in [5.74, 6) is -1.01. The van der Waals surface area contributed by atoms with Crippen LogP contribution < -0.4 is 21.3 Å². The maximum Gasteiger partial charge on any atom is 0.264 e. The third-order valence-corrected chi connectivity index (χ3v) is 6.52. The number of halogens is 1. The van der Waals surface area contributed by atoms with Gasteiger partial charge in [0.05, 0.1) is 17.3 Å². The summed E-state index contributed by atoms with van der Waals surface area (Å²) in [6, 6.07) is 8.81. The molecule has 5 N–H and O–H groups in total. The lowest BCUT2D eigenvalue weighted by atomic mass is 10.2. The van der Waals surface area contributed by atoms with E-state index in [1.807, 2.05) is 19.2 Å². The van der Waals surface area contributed by atoms with Gasteiger partial charge in [-0.2, -0.15) is 0 Å². The summed E-state index contributed by atoms with van der Waals surface area (Å²) >= 11 is 7.86. The minimum atomic E-state index is -0.725. The molecule has 11 heteroatoms. The average Bonchev–Trinajstić information content (AvgIpc) is 3.17. The fraction of sp³-hybridized carbons (Fsp3) is 0.304. The van der Waals surface area contributed by atoms with Crippen molar-refractivity contribution in [3.05, 3.63) is 46.7 Å². The first-order chi connectivity index (χ1) is 16.4. The van der Waals surface area contributed by atoms with Crippen molar-refractivity contribution in [1.82, 2.24) is 15.6 Å². The van der Waals surface area contributed by atoms with Gasteiger partial charge in [-0.1, -0.05) is 35.9 Å². The normalized spacial score (nSPS) is 13.1. The summed E-state index contributed by atoms with van der Waals surface area (Å²) in [6.07, 6.45) is 3.22. The Labute approximate surface area is 207 Å². The van der Waals surface area contributed by atoms with Gasteiger partial charge in [-0.25, -0.2) is 4.98 Å². The predicted octanol–water partition coefficient (Wildman–Crippen LogP) is 3.90. The van der Waals surface area contributed by atoms with Gasteiger partial charge in [-0.05, 0) is 57.4 Å². The summed E-state index contributed by atoms with van der Waals surface area (Å²) in [7, 11) is 1.94. The highest BCUT2D eigenvalue weighted by atomic mass is 35.5. The molecule has 0 radical (unpaired) electrons. The molecule has 0 aliphatic carbocycles. The first-order valence-electron chi connectivity index (χ1n) is 10.8. The highest BCUT2D eigenvalue weighted by Gasteiger charge is 2.29. The van der Waals surface area contributed by atoms with Crippen LogP contribution in [0.2, 0.25) is 5.02 Å². The van der Waals surface area contributed by atoms with Gasteiger partial charge in [0.15, 0.2) is 5.82 Å². The van der Waals surface area contributed by atoms with Crippen molar-refractivity contribution in [2.75, 3.05) is 37.3 Å². The largest absolute Gasteiger partial charge is 0.509 e. The van der Waals surface area contributed by atoms with Crippen LogP contribution in [0.5, 0.6) is 0 Å². The topological polar surface area (TPSA) is 128 Å². The van der Waals surface area contributed by atoms with Crippen LogP contribution >= 0.6 is 23.4 Å². The van der Waals surface area contributed by atoms with Crippen LogP contribution in [0.1, 0.15) is 19.3 Å². The van der Waals surface area contributed by atoms with E-state index in [2.05, 4.69) is 38.0 Å². The number of carbonyl (C=O) groups excluding carboxylic acids is 2. The first-order valence-corrected chi connectivity index (χ1v) is 12.0. The molecular weight excluding hydrogens is 476 g/mol. The number of hydrogen-bond donors (Lipinski definition) is 5. The van der Waals surface area contributed by atoms with Gasteiger partial charge in [0, 0.05) is 11.4 Å². The molecule has 0 atom stereocenters. The summed E-state index contributed by atoms with van der Waals surface area (Å²) in [4.78, 5) is 33.6. The van der Waals surface area contributed by atoms with E-state index in [9.17, 15) is 14.7 Å². The Hall–Kier alpha value is -3.08. The van der Waals surface area contributed by atoms with E-state index >= 15 is 0 Å². The Kier molecular flexibility index (Phi) is 9.32. The molecule has 1 aromatic heterocycles. The van der Waals surface area contributed by atoms with Crippen molar-refractivity contribution in [3.63, 3.8) is 0 Å². The second-order valence-corrected chi connectivity index (χ2v) is 8.88. The van der Waals surface area contributed by atoms with E-state index < -0.39 is 11.8 Å². The zero-order valence-electron chi connectivity index (χ0n) is 18.8. The summed E-state index contributed by atoms with van der Waals surface area (Å²) < 4.78 is 0. The van der Waals surface area contributed by atoms with Crippen molar-refractivity contribution in [2.45, 2.75) is 29.2 Å². The van der Waals surface area contributed by atoms with E-state index in [0.29, 0.717) is 32.1 Å². The van der Waals surface area contributed by atoms with Gasteiger partial charge < -0.3 is 26.4 Å². The average molecular weight is 503 g/mol. The number of hydrogen-bond acceptors (Lipinski definition) is 8. The molecule has 9 nitrogen and oxygen atoms in total. The van der Waals surface area contributed by atoms with Gasteiger partial charge in [0.2, 0.25) is 0 Å². The van der Waals surface area contributed by atoms with Crippen LogP contribution in [0.3, 0.4) is 0 Å². The predicted molar refractivity (Wildman–Crippen MR) is 137 cm³/mol. The van der Waals surface area contributed by atoms with Gasteiger partial charge in [-0.15, -0.1) is 0 Å². The number of aliphatic imine (C=N–C) groups is 1. The molecular formula is C23H27ClN6O3S. The molecule has 0 bridgehead atoms. The second-order valence-electron chi connectivity index (χ2n) is 7.44. The van der Waals surface area contributed by atoms with E-state index in [4.69, 9.17) is 11.6 Å². The molecule has 1 aliphatic rings. The molecule has 0 fully saturated rings. The molecule has 2 aromatic rings. The minimum Gasteiger partial charge on any atom is -0.509 e. The minimum absolute atomic E-state index is 0.0707. The number of pyridine rings is 1. The molecule has 0 saturated carbocycles. The van der Waals surface area contributed by atoms with Crippen LogP contribution in [0.25, 0.3) is 0 Å². The monoisotopic (exact) mass is 502 g/mol. The third-order valence-electron chi connectivity index (χ3n) is 5.00. The van der Waals surface area contributed by atoms with Gasteiger partial charge >= 0.3 is 0 Å². The van der Waals surface area contributed by atoms with Gasteiger partial charge in [0.25, 0.3) is 11.8 Å². The molecule has 0 unspecified atom stereocenters. The van der Waals surface area contributed by atoms with Crippen molar-refractivity contribution in [2.24, 2.45) is 4.99 Å². The van der Waals surface area contributed by atoms with Gasteiger partial charge in [-0.3, -0.25) is 14.6 Å². The smallest absolute Gasteiger partial charge is 0.264 e. The molecule has 0 saturated heterocycles. The van der Waals surface area contributed by atoms with E-state index in [-0.39, 0.29) is 17.9 Å². The number of amides is 2. The standard InChI is InChI=1S/C23H27ClN6O3S/c1-25-11-4-3-5-12-27-21-15(26-2)9-10-18(30-21)34-17-8-6-7-14(20(17)24)29-23(33)19-16(31)13-28-22(19)32/h6-10,25,31H,2-5,11-13H2,1H3,(H,27,30)(H,28,32)(H,29,33). The number of nitrogens with zero attached hydrogens (tertiary/aromatic N) is 2. The number of aliphatic hydroxyl groups excluding tert-OH is 1. The number of benzene rings is 1. The molecule has 180 valence electrons. The van der Waals surface area contributed by atoms with Crippen molar-refractivity contribution in [3.8, 4) is 0 Å². The SMILES string of the molecule is C=Nc1ccc(Sc2cccc(NC(=O)C3=C(O)CNC3=O)c2Cl)nc1NCCCCCNC. The van der Waals surface area contributed by atoms with E-state index in [1.54, 1.807) is 18.2 Å². The fourth-order valence-electron chi connectivity index (χ4n) is 3.25. The van der Waals surface area contributed by atoms with Crippen molar-refractivity contribution in [1.29, 1.82) is 0 Å². The molecule has 0 spiro atoms. The molecule has 2 heterocycles. The molecule has 2 amide bonds. The number of carbonyl (C=O) groups is 2. The lowest BCUT2D eigenvalue weighted by Gasteiger charge is -2.12. The van der Waals surface area contributed by atoms with E-state index in [0.717, 1.165) is 32.4 Å². The van der Waals surface area contributed by atoms with Crippen molar-refractivity contribution >= 4 is 59.1 Å². The molecule has 34 heavy (non-hydrogen) atoms. The second kappa shape index (κ2) is 12.4. The number of nitrogens with one attached hydrogen (secondary N) is 4. The zero-order chi connectivity index (χ0) is 24.5. The third kappa shape index (κ3) is 6.49. The number of rotatable bonds is 12. The van der Waals surface area contributed by atoms with Crippen LogP contribution in [0.15, 0.2) is 56.6 Å². The van der Waals surface area contributed by atoms with Crippen molar-refractivity contribution < 1.29 is 14.7 Å². The van der Waals surface area contributed by atoms with Crippen LogP contribution in [-0.2, 0) is 9.59 Å². The number of aliphatic hydroxyl groups is 1. The Morgan fingerprint density at radius 1 is 1.26 bits per heavy atom. The fourth-order valence-corrected chi connectivity index (χ4v) is 4.38. The summed E-state index contributed by atoms with van der Waals surface area (Å²) in [5, 5.41) is 22.2. The van der Waals surface area contributed by atoms with Gasteiger partial charge in [0.1, 0.15) is 22.0 Å². The summed E-state index contributed by atoms with van der Waals surface area (Å²) in [6.45, 7) is 5.31. The molecule has 1 aliphatic heterocycles. The van der Waals surface area contributed by atoms with E-state index in [1.165, 1.54) is 11.8 Å². The molecule has 3 rings (SSSR count). The Morgan fingerprint density at radius 2 is 2.06 bits per heavy atom. The van der Waals surface area contributed by atoms with Crippen LogP contribution in [0, 0.1) is 0 Å². The zero-order valence-corrected chi connectivity index (χ0v) is 20.4. The van der Waals surface area contributed by atoms with Crippen LogP contribution in [-0.4, -0.2) is 55.3 Å². The number of anilines is 2. The maximum absolute atomic E-state index is 12.5. The van der Waals surface area contributed by atoms with Crippen LogP contribution in [0.4, 0.5) is 17.2 Å². The lowest BCUT2D eigenvalue weighted by Crippen LogP contribution is -2.24. The Balaban J connectivity index is 1.70. The Morgan fingerprint density at radius 3 is 2.76 bits per heavy atom. The highest BCUT2D eigenvalue weighted by molar-refractivity contribution is 7.99. The highest BCUT2D eigenvalue weighted by Crippen LogP contribution is 2.38. The maximum atomic E-state index is 12.5.